The normalized spacial score (nSPS) is 13.7. The van der Waals surface area contributed by atoms with Gasteiger partial charge in [-0.2, -0.15) is 0 Å². The van der Waals surface area contributed by atoms with E-state index in [0.29, 0.717) is 29.3 Å². The molecule has 0 atom stereocenters. The molecular formula is C25H22N2O4. The molecule has 0 unspecified atom stereocenters. The van der Waals surface area contributed by atoms with Gasteiger partial charge in [-0.25, -0.2) is 0 Å². The molecule has 156 valence electrons. The number of amides is 2. The molecule has 0 aliphatic carbocycles. The number of methoxy groups -OCH3 is 1. The van der Waals surface area contributed by atoms with Crippen LogP contribution in [0.4, 0.5) is 5.69 Å². The maximum Gasteiger partial charge on any atom is 0.291 e. The number of carbonyl (C=O) groups is 2. The second-order valence-electron chi connectivity index (χ2n) is 7.19. The van der Waals surface area contributed by atoms with Crippen LogP contribution in [0.1, 0.15) is 27.0 Å². The summed E-state index contributed by atoms with van der Waals surface area (Å²) in [4.78, 5) is 25.1. The first-order chi connectivity index (χ1) is 15.0. The van der Waals surface area contributed by atoms with Gasteiger partial charge in [-0.15, -0.1) is 0 Å². The van der Waals surface area contributed by atoms with E-state index in [-0.39, 0.29) is 11.7 Å². The van der Waals surface area contributed by atoms with Gasteiger partial charge in [-0.3, -0.25) is 9.59 Å². The summed E-state index contributed by atoms with van der Waals surface area (Å²) in [5.74, 6) is 0.630. The molecule has 0 bridgehead atoms. The summed E-state index contributed by atoms with van der Waals surface area (Å²) in [6.45, 7) is 2.44. The van der Waals surface area contributed by atoms with Crippen molar-refractivity contribution in [3.8, 4) is 11.5 Å². The number of fused-ring (bicyclic) bond motifs is 1. The van der Waals surface area contributed by atoms with Gasteiger partial charge in [0.1, 0.15) is 5.75 Å². The van der Waals surface area contributed by atoms with Crippen LogP contribution in [0.5, 0.6) is 11.5 Å². The van der Waals surface area contributed by atoms with Gasteiger partial charge in [0.2, 0.25) is 0 Å². The molecule has 0 saturated heterocycles. The zero-order valence-electron chi connectivity index (χ0n) is 17.3. The highest BCUT2D eigenvalue weighted by Crippen LogP contribution is 2.33. The average molecular weight is 414 g/mol. The lowest BCUT2D eigenvalue weighted by Crippen LogP contribution is -2.25. The number of hydrogen-bond donors (Lipinski definition) is 2. The van der Waals surface area contributed by atoms with Gasteiger partial charge in [-0.1, -0.05) is 48.0 Å². The number of anilines is 1. The second-order valence-corrected chi connectivity index (χ2v) is 7.19. The topological polar surface area (TPSA) is 76.7 Å². The lowest BCUT2D eigenvalue weighted by atomic mass is 10.1. The number of ether oxygens (including phenoxy) is 2. The molecule has 1 aliphatic rings. The fraction of sp³-hybridized carbons (Fsp3) is 0.120. The summed E-state index contributed by atoms with van der Waals surface area (Å²) < 4.78 is 11.1. The first-order valence-electron chi connectivity index (χ1n) is 9.85. The van der Waals surface area contributed by atoms with E-state index in [4.69, 9.17) is 9.47 Å². The quantitative estimate of drug-likeness (QED) is 0.610. The summed E-state index contributed by atoms with van der Waals surface area (Å²) in [6.07, 6.45) is 1.62. The molecule has 0 saturated carbocycles. The van der Waals surface area contributed by atoms with E-state index in [0.717, 1.165) is 11.1 Å². The van der Waals surface area contributed by atoms with E-state index < -0.39 is 5.91 Å². The zero-order chi connectivity index (χ0) is 21.8. The predicted octanol–water partition coefficient (Wildman–Crippen LogP) is 4.31. The van der Waals surface area contributed by atoms with Gasteiger partial charge in [0.25, 0.3) is 11.8 Å². The van der Waals surface area contributed by atoms with E-state index in [1.165, 1.54) is 5.56 Å². The third kappa shape index (κ3) is 4.59. The molecule has 3 aromatic carbocycles. The summed E-state index contributed by atoms with van der Waals surface area (Å²) in [5.41, 5.74) is 3.79. The number of aryl methyl sites for hydroxylation is 1. The molecule has 0 spiro atoms. The maximum atomic E-state index is 12.5. The van der Waals surface area contributed by atoms with Crippen LogP contribution in [0.15, 0.2) is 72.5 Å². The molecule has 31 heavy (non-hydrogen) atoms. The molecule has 4 rings (SSSR count). The molecule has 3 aromatic rings. The van der Waals surface area contributed by atoms with Crippen molar-refractivity contribution in [2.45, 2.75) is 13.5 Å². The molecular weight excluding hydrogens is 392 g/mol. The van der Waals surface area contributed by atoms with E-state index in [1.54, 1.807) is 31.4 Å². The second kappa shape index (κ2) is 8.75. The van der Waals surface area contributed by atoms with Crippen LogP contribution in [0.3, 0.4) is 0 Å². The van der Waals surface area contributed by atoms with Crippen LogP contribution < -0.4 is 20.1 Å². The van der Waals surface area contributed by atoms with Crippen molar-refractivity contribution in [2.75, 3.05) is 12.4 Å². The van der Waals surface area contributed by atoms with Gasteiger partial charge in [-0.05, 0) is 42.8 Å². The lowest BCUT2D eigenvalue weighted by Gasteiger charge is -2.21. The third-order valence-corrected chi connectivity index (χ3v) is 4.93. The fourth-order valence-corrected chi connectivity index (χ4v) is 3.22. The predicted molar refractivity (Wildman–Crippen MR) is 119 cm³/mol. The highest BCUT2D eigenvalue weighted by Gasteiger charge is 2.23. The molecule has 0 aromatic heterocycles. The van der Waals surface area contributed by atoms with Gasteiger partial charge in [0.15, 0.2) is 11.5 Å². The Balaban J connectivity index is 1.49. The summed E-state index contributed by atoms with van der Waals surface area (Å²) in [5, 5.41) is 5.68. The number of carbonyl (C=O) groups excluding carboxylic acids is 2. The van der Waals surface area contributed by atoms with Gasteiger partial charge in [0.05, 0.1) is 12.8 Å². The van der Waals surface area contributed by atoms with Crippen LogP contribution >= 0.6 is 0 Å². The molecule has 2 N–H and O–H groups in total. The van der Waals surface area contributed by atoms with Crippen molar-refractivity contribution in [3.05, 3.63) is 94.7 Å². The summed E-state index contributed by atoms with van der Waals surface area (Å²) in [7, 11) is 1.57. The van der Waals surface area contributed by atoms with Gasteiger partial charge >= 0.3 is 0 Å². The molecule has 1 heterocycles. The number of para-hydroxylation sites is 1. The van der Waals surface area contributed by atoms with E-state index in [1.807, 2.05) is 55.5 Å². The van der Waals surface area contributed by atoms with Crippen molar-refractivity contribution in [1.29, 1.82) is 0 Å². The standard InChI is InChI=1S/C25H22N2O4/c1-16-7-9-17(10-8-16)15-26-24(28)19-11-12-22-20(13-19)27-25(29)23(31-22)14-18-5-3-4-6-21(18)30-2/h3-14H,15H2,1-2H3,(H,26,28)(H,27,29). The monoisotopic (exact) mass is 414 g/mol. The number of benzene rings is 3. The number of rotatable bonds is 5. The van der Waals surface area contributed by atoms with Crippen molar-refractivity contribution >= 4 is 23.6 Å². The van der Waals surface area contributed by atoms with Crippen molar-refractivity contribution < 1.29 is 19.1 Å². The van der Waals surface area contributed by atoms with Crippen LogP contribution in [-0.4, -0.2) is 18.9 Å². The molecule has 0 radical (unpaired) electrons. The Morgan fingerprint density at radius 1 is 1.10 bits per heavy atom. The minimum Gasteiger partial charge on any atom is -0.496 e. The minimum atomic E-state index is -0.393. The number of hydrogen-bond acceptors (Lipinski definition) is 4. The smallest absolute Gasteiger partial charge is 0.291 e. The minimum absolute atomic E-state index is 0.147. The Morgan fingerprint density at radius 3 is 2.65 bits per heavy atom. The van der Waals surface area contributed by atoms with Crippen LogP contribution in [0.25, 0.3) is 6.08 Å². The third-order valence-electron chi connectivity index (χ3n) is 4.93. The Kier molecular flexibility index (Phi) is 5.71. The van der Waals surface area contributed by atoms with Gasteiger partial charge in [0, 0.05) is 17.7 Å². The maximum absolute atomic E-state index is 12.5. The van der Waals surface area contributed by atoms with E-state index in [9.17, 15) is 9.59 Å². The molecule has 6 nitrogen and oxygen atoms in total. The highest BCUT2D eigenvalue weighted by atomic mass is 16.5. The Bertz CT molecular complexity index is 1170. The zero-order valence-corrected chi connectivity index (χ0v) is 17.3. The molecule has 2 amide bonds. The van der Waals surface area contributed by atoms with Crippen LogP contribution in [-0.2, 0) is 11.3 Å². The summed E-state index contributed by atoms with van der Waals surface area (Å²) in [6, 6.07) is 20.3. The SMILES string of the molecule is COc1ccccc1C=C1Oc2ccc(C(=O)NCc3ccc(C)cc3)cc2NC1=O. The first kappa shape index (κ1) is 20.2. The number of nitrogens with one attached hydrogen (secondary N) is 2. The largest absolute Gasteiger partial charge is 0.496 e. The fourth-order valence-electron chi connectivity index (χ4n) is 3.22. The van der Waals surface area contributed by atoms with Gasteiger partial charge < -0.3 is 20.1 Å². The van der Waals surface area contributed by atoms with Crippen molar-refractivity contribution in [3.63, 3.8) is 0 Å². The van der Waals surface area contributed by atoms with Crippen molar-refractivity contribution in [1.82, 2.24) is 5.32 Å². The lowest BCUT2D eigenvalue weighted by molar-refractivity contribution is -0.115. The van der Waals surface area contributed by atoms with Crippen molar-refractivity contribution in [2.24, 2.45) is 0 Å². The Labute approximate surface area is 180 Å². The molecule has 6 heteroatoms. The van der Waals surface area contributed by atoms with E-state index in [2.05, 4.69) is 10.6 Å². The van der Waals surface area contributed by atoms with E-state index >= 15 is 0 Å². The molecule has 0 fully saturated rings. The summed E-state index contributed by atoms with van der Waals surface area (Å²) >= 11 is 0. The highest BCUT2D eigenvalue weighted by molar-refractivity contribution is 6.09. The Hall–Kier alpha value is -4.06. The first-order valence-corrected chi connectivity index (χ1v) is 9.85. The van der Waals surface area contributed by atoms with Crippen LogP contribution in [0.2, 0.25) is 0 Å². The average Bonchev–Trinajstić information content (AvgIpc) is 2.79. The molecule has 1 aliphatic heterocycles. The van der Waals surface area contributed by atoms with Crippen LogP contribution in [0, 0.1) is 6.92 Å². The Morgan fingerprint density at radius 2 is 1.87 bits per heavy atom.